The van der Waals surface area contributed by atoms with Gasteiger partial charge in [-0.3, -0.25) is 13.9 Å². The summed E-state index contributed by atoms with van der Waals surface area (Å²) in [7, 11) is -8.31. The van der Waals surface area contributed by atoms with Crippen LogP contribution < -0.4 is 15.7 Å². The van der Waals surface area contributed by atoms with Gasteiger partial charge in [0.2, 0.25) is 0 Å². The summed E-state index contributed by atoms with van der Waals surface area (Å²) in [4.78, 5) is 46.7. The number of fused-ring (bicyclic) bond motifs is 1. The molecule has 0 radical (unpaired) electrons. The van der Waals surface area contributed by atoms with Crippen LogP contribution in [0.4, 0.5) is 5.82 Å². The summed E-state index contributed by atoms with van der Waals surface area (Å²) >= 11 is 0. The molecule has 4 N–H and O–H groups in total. The molecule has 14 heteroatoms. The zero-order valence-electron chi connectivity index (χ0n) is 26.1. The molecule has 6 rings (SSSR count). The minimum Gasteiger partial charge on any atom is -0.405 e. The molecule has 3 heterocycles. The van der Waals surface area contributed by atoms with Gasteiger partial charge >= 0.3 is 7.60 Å². The van der Waals surface area contributed by atoms with E-state index in [4.69, 9.17) is 9.16 Å². The molecule has 2 aromatic heterocycles. The Morgan fingerprint density at radius 2 is 1.55 bits per heavy atom. The Bertz CT molecular complexity index is 1880. The fraction of sp³-hybridized carbons (Fsp3) is 0.273. The summed E-state index contributed by atoms with van der Waals surface area (Å²) < 4.78 is 27.6. The van der Waals surface area contributed by atoms with Crippen molar-refractivity contribution in [3.8, 4) is 0 Å². The Morgan fingerprint density at radius 1 is 0.979 bits per heavy atom. The summed E-state index contributed by atoms with van der Waals surface area (Å²) in [6.45, 7) is 5.94. The van der Waals surface area contributed by atoms with Gasteiger partial charge in [0.25, 0.3) is 14.2 Å². The van der Waals surface area contributed by atoms with Crippen molar-refractivity contribution in [2.75, 3.05) is 11.9 Å². The number of ether oxygens (including phenoxy) is 1. The van der Waals surface area contributed by atoms with Gasteiger partial charge in [0.15, 0.2) is 22.3 Å². The van der Waals surface area contributed by atoms with E-state index in [1.807, 2.05) is 60.7 Å². The average Bonchev–Trinajstić information content (AvgIpc) is 3.64. The molecule has 0 aliphatic carbocycles. The molecule has 0 unspecified atom stereocenters. The zero-order valence-corrected chi connectivity index (χ0v) is 28.0. The third kappa shape index (κ3) is 5.96. The maximum Gasteiger partial charge on any atom is 0.359 e. The van der Waals surface area contributed by atoms with E-state index >= 15 is 0 Å². The summed E-state index contributed by atoms with van der Waals surface area (Å²) in [6.07, 6.45) is -0.320. The van der Waals surface area contributed by atoms with Crippen LogP contribution >= 0.6 is 7.60 Å². The van der Waals surface area contributed by atoms with Crippen LogP contribution in [0.15, 0.2) is 104 Å². The standard InChI is InChI=1S/C33H36N5O7PSi/c1-32(2,3)47(24-15-9-5-10-16-24,25-17-11-6-12-18-25)44-20-26-33(40,46(41,42)43)19-27(45-26)38-22-36-28-29(34-21-35-30(28)38)37-31(39)23-13-7-4-8-14-23/h4-18,21-22,26-27,40H,19-20H2,1-3H3,(H2,41,42,43)(H,34,35,37,39)/t26-,27-,33+/m1/s1. The normalized spacial score (nSPS) is 20.4. The van der Waals surface area contributed by atoms with Crippen LogP contribution in [0.2, 0.25) is 5.04 Å². The first-order valence-electron chi connectivity index (χ1n) is 15.1. The molecule has 12 nitrogen and oxygen atoms in total. The van der Waals surface area contributed by atoms with Gasteiger partial charge in [-0.15, -0.1) is 0 Å². The number of carbonyl (C=O) groups excluding carboxylic acids is 1. The third-order valence-electron chi connectivity index (χ3n) is 8.62. The second-order valence-corrected chi connectivity index (χ2v) is 18.7. The molecule has 244 valence electrons. The summed E-state index contributed by atoms with van der Waals surface area (Å²) in [5.41, 5.74) is 0.912. The van der Waals surface area contributed by atoms with E-state index in [1.165, 1.54) is 17.2 Å². The van der Waals surface area contributed by atoms with Crippen molar-refractivity contribution in [3.05, 3.63) is 109 Å². The lowest BCUT2D eigenvalue weighted by atomic mass is 10.2. The highest BCUT2D eigenvalue weighted by atomic mass is 31.2. The van der Waals surface area contributed by atoms with Crippen molar-refractivity contribution in [2.24, 2.45) is 0 Å². The number of hydrogen-bond acceptors (Lipinski definition) is 8. The van der Waals surface area contributed by atoms with Gasteiger partial charge in [-0.1, -0.05) is 99.6 Å². The number of hydrogen-bond donors (Lipinski definition) is 4. The molecule has 3 atom stereocenters. The molecule has 3 aromatic carbocycles. The van der Waals surface area contributed by atoms with Gasteiger partial charge in [0.1, 0.15) is 18.7 Å². The van der Waals surface area contributed by atoms with Gasteiger partial charge in [-0.05, 0) is 27.5 Å². The van der Waals surface area contributed by atoms with Crippen molar-refractivity contribution in [1.29, 1.82) is 0 Å². The number of anilines is 1. The maximum absolute atomic E-state index is 12.9. The minimum atomic E-state index is -5.17. The molecule has 1 fully saturated rings. The van der Waals surface area contributed by atoms with Gasteiger partial charge in [-0.2, -0.15) is 0 Å². The molecule has 0 spiro atoms. The molecule has 1 saturated heterocycles. The van der Waals surface area contributed by atoms with Gasteiger partial charge in [0.05, 0.1) is 12.9 Å². The Labute approximate surface area is 272 Å². The van der Waals surface area contributed by atoms with Crippen molar-refractivity contribution in [2.45, 2.75) is 49.9 Å². The maximum atomic E-state index is 12.9. The Morgan fingerprint density at radius 3 is 2.11 bits per heavy atom. The smallest absolute Gasteiger partial charge is 0.359 e. The number of nitrogens with zero attached hydrogens (tertiary/aromatic N) is 4. The SMILES string of the molecule is CC(C)(C)[Si](OC[C@H]1O[C@@H](n2cnc3c(NC(=O)c4ccccc4)ncnc32)C[C@]1(O)P(=O)(O)O)(c1ccccc1)c1ccccc1. The first-order valence-corrected chi connectivity index (χ1v) is 18.6. The van der Waals surface area contributed by atoms with E-state index in [9.17, 15) is 24.3 Å². The number of aromatic nitrogens is 4. The number of benzene rings is 3. The lowest BCUT2D eigenvalue weighted by Crippen LogP contribution is -2.67. The van der Waals surface area contributed by atoms with Gasteiger partial charge in [0, 0.05) is 12.0 Å². The number of imidazole rings is 1. The predicted octanol–water partition coefficient (Wildman–Crippen LogP) is 3.81. The van der Waals surface area contributed by atoms with E-state index in [0.29, 0.717) is 5.56 Å². The number of rotatable bonds is 9. The van der Waals surface area contributed by atoms with E-state index in [2.05, 4.69) is 41.0 Å². The minimum absolute atomic E-state index is 0.150. The fourth-order valence-electron chi connectivity index (χ4n) is 6.26. The molecule has 5 aromatic rings. The molecular formula is C33H36N5O7PSi. The van der Waals surface area contributed by atoms with Crippen LogP contribution in [0.3, 0.4) is 0 Å². The highest BCUT2D eigenvalue weighted by Gasteiger charge is 2.61. The number of carbonyl (C=O) groups is 1. The summed E-state index contributed by atoms with van der Waals surface area (Å²) in [6, 6.07) is 28.2. The van der Waals surface area contributed by atoms with E-state index in [0.717, 1.165) is 10.4 Å². The largest absolute Gasteiger partial charge is 0.405 e. The van der Waals surface area contributed by atoms with Crippen LogP contribution in [0.5, 0.6) is 0 Å². The summed E-state index contributed by atoms with van der Waals surface area (Å²) in [5, 5.41) is 13.4. The lowest BCUT2D eigenvalue weighted by Gasteiger charge is -2.44. The molecule has 1 amide bonds. The van der Waals surface area contributed by atoms with Gasteiger partial charge in [-0.25, -0.2) is 15.0 Å². The van der Waals surface area contributed by atoms with Crippen LogP contribution in [0, 0.1) is 0 Å². The number of nitrogens with one attached hydrogen (secondary N) is 1. The molecular weight excluding hydrogens is 637 g/mol. The zero-order chi connectivity index (χ0) is 33.5. The van der Waals surface area contributed by atoms with E-state index in [1.54, 1.807) is 30.3 Å². The Balaban J connectivity index is 1.34. The molecule has 0 saturated carbocycles. The van der Waals surface area contributed by atoms with E-state index in [-0.39, 0.29) is 23.6 Å². The highest BCUT2D eigenvalue weighted by Crippen LogP contribution is 2.59. The van der Waals surface area contributed by atoms with Crippen molar-refractivity contribution < 1.29 is 33.4 Å². The first-order chi connectivity index (χ1) is 22.3. The molecule has 1 aliphatic heterocycles. The molecule has 0 bridgehead atoms. The van der Waals surface area contributed by atoms with Crippen LogP contribution in [0.1, 0.15) is 43.8 Å². The number of amides is 1. The Hall–Kier alpha value is -4.07. The van der Waals surface area contributed by atoms with Crippen molar-refractivity contribution in [1.82, 2.24) is 19.5 Å². The van der Waals surface area contributed by atoms with E-state index < -0.39 is 51.0 Å². The predicted molar refractivity (Wildman–Crippen MR) is 179 cm³/mol. The lowest BCUT2D eigenvalue weighted by molar-refractivity contribution is -0.0562. The topological polar surface area (TPSA) is 169 Å². The van der Waals surface area contributed by atoms with Crippen LogP contribution in [-0.2, 0) is 13.7 Å². The highest BCUT2D eigenvalue weighted by molar-refractivity contribution is 7.53. The Kier molecular flexibility index (Phi) is 8.74. The monoisotopic (exact) mass is 673 g/mol. The molecule has 1 aliphatic rings. The van der Waals surface area contributed by atoms with Crippen molar-refractivity contribution >= 4 is 49.2 Å². The summed E-state index contributed by atoms with van der Waals surface area (Å²) in [5.74, 6) is -0.244. The van der Waals surface area contributed by atoms with Gasteiger partial charge < -0.3 is 29.4 Å². The second kappa shape index (κ2) is 12.5. The van der Waals surface area contributed by atoms with Crippen molar-refractivity contribution in [3.63, 3.8) is 0 Å². The third-order valence-corrected chi connectivity index (χ3v) is 15.1. The fourth-order valence-corrected chi connectivity index (χ4v) is 11.7. The van der Waals surface area contributed by atoms with Crippen LogP contribution in [0.25, 0.3) is 11.2 Å². The first kappa shape index (κ1) is 32.9. The molecule has 47 heavy (non-hydrogen) atoms. The van der Waals surface area contributed by atoms with Crippen LogP contribution in [-0.4, -0.2) is 66.7 Å². The number of aliphatic hydroxyl groups is 1. The average molecular weight is 674 g/mol. The second-order valence-electron chi connectivity index (χ2n) is 12.5. The quantitative estimate of drug-likeness (QED) is 0.133.